The van der Waals surface area contributed by atoms with Crippen LogP contribution in [0.4, 0.5) is 0 Å². The van der Waals surface area contributed by atoms with Crippen LogP contribution in [0.25, 0.3) is 6.08 Å². The van der Waals surface area contributed by atoms with Crippen LogP contribution >= 0.6 is 11.8 Å². The van der Waals surface area contributed by atoms with Crippen molar-refractivity contribution in [2.45, 2.75) is 18.6 Å². The van der Waals surface area contributed by atoms with Gasteiger partial charge in [0.25, 0.3) is 0 Å². The van der Waals surface area contributed by atoms with Gasteiger partial charge in [-0.3, -0.25) is 0 Å². The SMILES string of the molecule is C[C@@]12C=CS[C@@H](C1)c1ccccc1C=C2. The molecule has 0 unspecified atom stereocenters. The summed E-state index contributed by atoms with van der Waals surface area (Å²) in [5.41, 5.74) is 3.14. The minimum Gasteiger partial charge on any atom is -0.126 e. The molecule has 0 saturated carbocycles. The van der Waals surface area contributed by atoms with E-state index in [4.69, 9.17) is 0 Å². The lowest BCUT2D eigenvalue weighted by atomic mass is 9.85. The molecule has 0 nitrogen and oxygen atoms in total. The number of hydrogen-bond acceptors (Lipinski definition) is 1. The first-order valence-electron chi connectivity index (χ1n) is 5.38. The maximum Gasteiger partial charge on any atom is 0.0355 e. The molecular formula is C14H14S. The summed E-state index contributed by atoms with van der Waals surface area (Å²) in [6.45, 7) is 2.32. The molecule has 1 aromatic carbocycles. The molecule has 0 N–H and O–H groups in total. The molecule has 1 heterocycles. The Labute approximate surface area is 95.1 Å². The van der Waals surface area contributed by atoms with E-state index in [2.05, 4.69) is 54.8 Å². The normalized spacial score (nSPS) is 32.2. The summed E-state index contributed by atoms with van der Waals surface area (Å²) in [6.07, 6.45) is 8.19. The summed E-state index contributed by atoms with van der Waals surface area (Å²) in [5, 5.41) is 2.90. The van der Waals surface area contributed by atoms with Gasteiger partial charge in [0.05, 0.1) is 0 Å². The zero-order valence-electron chi connectivity index (χ0n) is 8.81. The fourth-order valence-electron chi connectivity index (χ4n) is 2.35. The number of rotatable bonds is 0. The number of thioether (sulfide) groups is 1. The van der Waals surface area contributed by atoms with Crippen molar-refractivity contribution >= 4 is 17.8 Å². The molecule has 3 rings (SSSR count). The van der Waals surface area contributed by atoms with Crippen molar-refractivity contribution in [3.63, 3.8) is 0 Å². The van der Waals surface area contributed by atoms with Crippen molar-refractivity contribution in [2.24, 2.45) is 5.41 Å². The van der Waals surface area contributed by atoms with E-state index in [9.17, 15) is 0 Å². The van der Waals surface area contributed by atoms with Gasteiger partial charge in [-0.15, -0.1) is 11.8 Å². The first kappa shape index (κ1) is 9.29. The van der Waals surface area contributed by atoms with Crippen LogP contribution in [0, 0.1) is 5.41 Å². The molecule has 0 amide bonds. The third kappa shape index (κ3) is 1.55. The van der Waals surface area contributed by atoms with E-state index in [1.165, 1.54) is 17.5 Å². The molecule has 0 spiro atoms. The monoisotopic (exact) mass is 214 g/mol. The van der Waals surface area contributed by atoms with Gasteiger partial charge < -0.3 is 0 Å². The number of allylic oxidation sites excluding steroid dienone is 2. The van der Waals surface area contributed by atoms with Crippen LogP contribution in [0.2, 0.25) is 0 Å². The second-order valence-corrected chi connectivity index (χ2v) is 5.71. The molecular weight excluding hydrogens is 200 g/mol. The van der Waals surface area contributed by atoms with Crippen molar-refractivity contribution in [2.75, 3.05) is 0 Å². The fourth-order valence-corrected chi connectivity index (χ4v) is 3.74. The molecule has 15 heavy (non-hydrogen) atoms. The second-order valence-electron chi connectivity index (χ2n) is 4.60. The van der Waals surface area contributed by atoms with Crippen molar-refractivity contribution in [1.82, 2.24) is 0 Å². The lowest BCUT2D eigenvalue weighted by Crippen LogP contribution is -2.14. The van der Waals surface area contributed by atoms with Gasteiger partial charge in [-0.25, -0.2) is 0 Å². The van der Waals surface area contributed by atoms with Crippen LogP contribution in [-0.2, 0) is 0 Å². The van der Waals surface area contributed by atoms with Crippen molar-refractivity contribution in [3.05, 3.63) is 53.0 Å². The third-order valence-electron chi connectivity index (χ3n) is 3.30. The second kappa shape index (κ2) is 3.28. The smallest absolute Gasteiger partial charge is 0.0355 e. The maximum absolute atomic E-state index is 2.35. The van der Waals surface area contributed by atoms with Crippen molar-refractivity contribution < 1.29 is 0 Å². The van der Waals surface area contributed by atoms with Crippen LogP contribution in [0.3, 0.4) is 0 Å². The van der Waals surface area contributed by atoms with Crippen LogP contribution in [-0.4, -0.2) is 0 Å². The molecule has 0 radical (unpaired) electrons. The van der Waals surface area contributed by atoms with E-state index in [0.29, 0.717) is 5.25 Å². The predicted molar refractivity (Wildman–Crippen MR) is 67.7 cm³/mol. The molecule has 2 bridgehead atoms. The molecule has 0 fully saturated rings. The molecule has 1 aliphatic carbocycles. The zero-order valence-corrected chi connectivity index (χ0v) is 9.63. The van der Waals surface area contributed by atoms with Gasteiger partial charge in [0, 0.05) is 10.7 Å². The van der Waals surface area contributed by atoms with Gasteiger partial charge in [0.1, 0.15) is 0 Å². The fraction of sp³-hybridized carbons (Fsp3) is 0.286. The third-order valence-corrected chi connectivity index (χ3v) is 4.35. The summed E-state index contributed by atoms with van der Waals surface area (Å²) in [7, 11) is 0. The molecule has 2 atom stereocenters. The average molecular weight is 214 g/mol. The van der Waals surface area contributed by atoms with Crippen LogP contribution in [0.15, 0.2) is 41.8 Å². The predicted octanol–water partition coefficient (Wildman–Crippen LogP) is 4.41. The zero-order chi connectivity index (χ0) is 10.3. The van der Waals surface area contributed by atoms with Crippen LogP contribution in [0.5, 0.6) is 0 Å². The summed E-state index contributed by atoms with van der Waals surface area (Å²) in [5.74, 6) is 0. The highest BCUT2D eigenvalue weighted by molar-refractivity contribution is 8.02. The average Bonchev–Trinajstić information content (AvgIpc) is 2.35. The Morgan fingerprint density at radius 2 is 2.13 bits per heavy atom. The number of fused-ring (bicyclic) bond motifs is 4. The van der Waals surface area contributed by atoms with E-state index in [-0.39, 0.29) is 5.41 Å². The van der Waals surface area contributed by atoms with Crippen molar-refractivity contribution in [1.29, 1.82) is 0 Å². The molecule has 76 valence electrons. The minimum atomic E-state index is 0.259. The van der Waals surface area contributed by atoms with Crippen LogP contribution < -0.4 is 0 Å². The van der Waals surface area contributed by atoms with Crippen molar-refractivity contribution in [3.8, 4) is 0 Å². The Morgan fingerprint density at radius 3 is 3.07 bits per heavy atom. The Hall–Kier alpha value is -0.950. The van der Waals surface area contributed by atoms with Gasteiger partial charge in [-0.2, -0.15) is 0 Å². The lowest BCUT2D eigenvalue weighted by molar-refractivity contribution is 0.496. The Bertz CT molecular complexity index is 444. The molecule has 2 aliphatic rings. The van der Waals surface area contributed by atoms with E-state index in [1.54, 1.807) is 0 Å². The Balaban J connectivity index is 2.16. The highest BCUT2D eigenvalue weighted by Crippen LogP contribution is 2.49. The number of hydrogen-bond donors (Lipinski definition) is 0. The topological polar surface area (TPSA) is 0 Å². The van der Waals surface area contributed by atoms with Gasteiger partial charge in [-0.05, 0) is 23.0 Å². The maximum atomic E-state index is 2.35. The van der Waals surface area contributed by atoms with Gasteiger partial charge in [0.15, 0.2) is 0 Å². The molecule has 1 heteroatoms. The van der Waals surface area contributed by atoms with E-state index in [1.807, 2.05) is 11.8 Å². The molecule has 1 aliphatic heterocycles. The summed E-state index contributed by atoms with van der Waals surface area (Å²) in [6, 6.07) is 8.76. The number of benzene rings is 1. The first-order valence-corrected chi connectivity index (χ1v) is 6.32. The summed E-state index contributed by atoms with van der Waals surface area (Å²) >= 11 is 1.95. The highest BCUT2D eigenvalue weighted by Gasteiger charge is 2.30. The minimum absolute atomic E-state index is 0.259. The largest absolute Gasteiger partial charge is 0.126 e. The first-order chi connectivity index (χ1) is 7.27. The van der Waals surface area contributed by atoms with Gasteiger partial charge in [0.2, 0.25) is 0 Å². The van der Waals surface area contributed by atoms with E-state index in [0.717, 1.165) is 0 Å². The van der Waals surface area contributed by atoms with E-state index >= 15 is 0 Å². The highest BCUT2D eigenvalue weighted by atomic mass is 32.2. The Morgan fingerprint density at radius 1 is 1.27 bits per heavy atom. The summed E-state index contributed by atoms with van der Waals surface area (Å²) in [4.78, 5) is 0. The summed E-state index contributed by atoms with van der Waals surface area (Å²) < 4.78 is 0. The lowest BCUT2D eigenvalue weighted by Gasteiger charge is -2.29. The quantitative estimate of drug-likeness (QED) is 0.616. The van der Waals surface area contributed by atoms with E-state index < -0.39 is 0 Å². The van der Waals surface area contributed by atoms with Gasteiger partial charge in [-0.1, -0.05) is 49.4 Å². The molecule has 0 aromatic heterocycles. The standard InChI is InChI=1S/C14H14S/c1-14-7-6-11-4-2-3-5-12(11)13(10-14)15-9-8-14/h2-9,13H,10H2,1H3/t13-,14+/m0/s1. The van der Waals surface area contributed by atoms with Gasteiger partial charge >= 0.3 is 0 Å². The van der Waals surface area contributed by atoms with Crippen LogP contribution in [0.1, 0.15) is 29.7 Å². The Kier molecular flexibility index (Phi) is 2.03. The molecule has 1 aromatic rings. The molecule has 0 saturated heterocycles.